The Kier molecular flexibility index (Phi) is 4.47. The van der Waals surface area contributed by atoms with E-state index in [1.165, 1.54) is 0 Å². The van der Waals surface area contributed by atoms with Gasteiger partial charge >= 0.3 is 0 Å². The van der Waals surface area contributed by atoms with Crippen LogP contribution in [0.2, 0.25) is 0 Å². The molecule has 1 fully saturated rings. The molecule has 0 bridgehead atoms. The van der Waals surface area contributed by atoms with Crippen molar-refractivity contribution in [3.8, 4) is 0 Å². The SMILES string of the molecule is CCN1CCN(C(=O)Cn2nc(C)cc2C)CC1c1ncc[nH]1. The van der Waals surface area contributed by atoms with E-state index in [0.29, 0.717) is 13.1 Å². The first kappa shape index (κ1) is 15.7. The van der Waals surface area contributed by atoms with Crippen molar-refractivity contribution >= 4 is 5.91 Å². The van der Waals surface area contributed by atoms with Crippen molar-refractivity contribution in [2.75, 3.05) is 26.2 Å². The lowest BCUT2D eigenvalue weighted by Gasteiger charge is -2.40. The summed E-state index contributed by atoms with van der Waals surface area (Å²) < 4.78 is 1.78. The number of carbonyl (C=O) groups is 1. The summed E-state index contributed by atoms with van der Waals surface area (Å²) in [6.45, 7) is 9.60. The minimum absolute atomic E-state index is 0.114. The molecule has 2 aromatic heterocycles. The number of rotatable bonds is 4. The van der Waals surface area contributed by atoms with Crippen LogP contribution < -0.4 is 0 Å². The molecule has 0 spiro atoms. The fraction of sp³-hybridized carbons (Fsp3) is 0.562. The first-order valence-corrected chi connectivity index (χ1v) is 8.10. The molecule has 1 saturated heterocycles. The maximum atomic E-state index is 12.7. The van der Waals surface area contributed by atoms with Crippen LogP contribution in [0.1, 0.15) is 30.2 Å². The lowest BCUT2D eigenvalue weighted by atomic mass is 10.1. The molecule has 1 atom stereocenters. The van der Waals surface area contributed by atoms with Crippen molar-refractivity contribution in [3.63, 3.8) is 0 Å². The van der Waals surface area contributed by atoms with Gasteiger partial charge in [0.2, 0.25) is 5.91 Å². The molecule has 2 aromatic rings. The first-order chi connectivity index (χ1) is 11.1. The number of hydrogen-bond donors (Lipinski definition) is 1. The van der Waals surface area contributed by atoms with Gasteiger partial charge in [-0.2, -0.15) is 5.10 Å². The van der Waals surface area contributed by atoms with Gasteiger partial charge in [0, 0.05) is 37.7 Å². The van der Waals surface area contributed by atoms with Crippen LogP contribution in [-0.4, -0.2) is 61.6 Å². The Bertz CT molecular complexity index is 662. The van der Waals surface area contributed by atoms with Gasteiger partial charge in [0.05, 0.1) is 11.7 Å². The summed E-state index contributed by atoms with van der Waals surface area (Å²) in [6.07, 6.45) is 3.60. The third kappa shape index (κ3) is 3.29. The van der Waals surface area contributed by atoms with Crippen LogP contribution >= 0.6 is 0 Å². The third-order valence-corrected chi connectivity index (χ3v) is 4.47. The van der Waals surface area contributed by atoms with E-state index < -0.39 is 0 Å². The number of aromatic nitrogens is 4. The molecule has 1 unspecified atom stereocenters. The molecule has 124 valence electrons. The van der Waals surface area contributed by atoms with Crippen LogP contribution in [0.5, 0.6) is 0 Å². The van der Waals surface area contributed by atoms with Gasteiger partial charge in [-0.25, -0.2) is 4.98 Å². The van der Waals surface area contributed by atoms with E-state index in [1.807, 2.05) is 31.0 Å². The summed E-state index contributed by atoms with van der Waals surface area (Å²) in [4.78, 5) is 24.5. The lowest BCUT2D eigenvalue weighted by Crippen LogP contribution is -2.51. The molecule has 1 N–H and O–H groups in total. The summed E-state index contributed by atoms with van der Waals surface area (Å²) in [5.41, 5.74) is 1.96. The zero-order valence-corrected chi connectivity index (χ0v) is 14.0. The van der Waals surface area contributed by atoms with Gasteiger partial charge in [0.15, 0.2) is 0 Å². The van der Waals surface area contributed by atoms with Gasteiger partial charge < -0.3 is 9.88 Å². The molecule has 1 amide bonds. The predicted octanol–water partition coefficient (Wildman–Crippen LogP) is 1.13. The average Bonchev–Trinajstić information content (AvgIpc) is 3.17. The normalized spacial score (nSPS) is 19.3. The molecular weight excluding hydrogens is 292 g/mol. The van der Waals surface area contributed by atoms with Gasteiger partial charge in [0.1, 0.15) is 12.4 Å². The first-order valence-electron chi connectivity index (χ1n) is 8.10. The van der Waals surface area contributed by atoms with E-state index in [9.17, 15) is 4.79 Å². The number of nitrogens with one attached hydrogen (secondary N) is 1. The van der Waals surface area contributed by atoms with Gasteiger partial charge in [-0.3, -0.25) is 14.4 Å². The fourth-order valence-electron chi connectivity index (χ4n) is 3.21. The molecule has 0 aliphatic carbocycles. The minimum atomic E-state index is 0.114. The van der Waals surface area contributed by atoms with E-state index in [1.54, 1.807) is 10.9 Å². The zero-order chi connectivity index (χ0) is 16.4. The fourth-order valence-corrected chi connectivity index (χ4v) is 3.21. The molecule has 7 nitrogen and oxygen atoms in total. The van der Waals surface area contributed by atoms with Gasteiger partial charge in [-0.05, 0) is 26.5 Å². The lowest BCUT2D eigenvalue weighted by molar-refractivity contribution is -0.135. The van der Waals surface area contributed by atoms with E-state index in [4.69, 9.17) is 0 Å². The van der Waals surface area contributed by atoms with Crippen molar-refractivity contribution in [2.45, 2.75) is 33.4 Å². The number of hydrogen-bond acceptors (Lipinski definition) is 4. The van der Waals surface area contributed by atoms with Gasteiger partial charge in [0.25, 0.3) is 0 Å². The zero-order valence-electron chi connectivity index (χ0n) is 14.0. The Morgan fingerprint density at radius 3 is 2.83 bits per heavy atom. The summed E-state index contributed by atoms with van der Waals surface area (Å²) in [5, 5.41) is 4.39. The second-order valence-corrected chi connectivity index (χ2v) is 6.04. The summed E-state index contributed by atoms with van der Waals surface area (Å²) >= 11 is 0. The van der Waals surface area contributed by atoms with Crippen LogP contribution in [0.15, 0.2) is 18.5 Å². The molecular formula is C16H24N6O. The van der Waals surface area contributed by atoms with Gasteiger partial charge in [-0.15, -0.1) is 0 Å². The Morgan fingerprint density at radius 2 is 2.22 bits per heavy atom. The van der Waals surface area contributed by atoms with Crippen molar-refractivity contribution in [1.82, 2.24) is 29.5 Å². The smallest absolute Gasteiger partial charge is 0.244 e. The number of carbonyl (C=O) groups excluding carboxylic acids is 1. The molecule has 1 aliphatic rings. The highest BCUT2D eigenvalue weighted by atomic mass is 16.2. The molecule has 7 heteroatoms. The molecule has 0 radical (unpaired) electrons. The van der Waals surface area contributed by atoms with Crippen molar-refractivity contribution in [3.05, 3.63) is 35.7 Å². The van der Waals surface area contributed by atoms with Crippen molar-refractivity contribution in [2.24, 2.45) is 0 Å². The minimum Gasteiger partial charge on any atom is -0.347 e. The van der Waals surface area contributed by atoms with Crippen LogP contribution in [0.3, 0.4) is 0 Å². The van der Waals surface area contributed by atoms with E-state index in [0.717, 1.165) is 36.8 Å². The highest BCUT2D eigenvalue weighted by Gasteiger charge is 2.31. The Hall–Kier alpha value is -2.15. The third-order valence-electron chi connectivity index (χ3n) is 4.47. The summed E-state index contributed by atoms with van der Waals surface area (Å²) in [5.74, 6) is 1.04. The average molecular weight is 316 g/mol. The number of nitrogens with zero attached hydrogens (tertiary/aromatic N) is 5. The predicted molar refractivity (Wildman–Crippen MR) is 86.9 cm³/mol. The monoisotopic (exact) mass is 316 g/mol. The van der Waals surface area contributed by atoms with E-state index in [-0.39, 0.29) is 11.9 Å². The Morgan fingerprint density at radius 1 is 1.39 bits per heavy atom. The molecule has 0 saturated carbocycles. The number of piperazine rings is 1. The van der Waals surface area contributed by atoms with Crippen molar-refractivity contribution in [1.29, 1.82) is 0 Å². The summed E-state index contributed by atoms with van der Waals surface area (Å²) in [6, 6.07) is 2.13. The standard InChI is InChI=1S/C16H24N6O/c1-4-20-7-8-21(10-14(20)16-17-5-6-18-16)15(23)11-22-13(3)9-12(2)19-22/h5-6,9,14H,4,7-8,10-11H2,1-3H3,(H,17,18). The highest BCUT2D eigenvalue weighted by Crippen LogP contribution is 2.22. The second-order valence-electron chi connectivity index (χ2n) is 6.04. The summed E-state index contributed by atoms with van der Waals surface area (Å²) in [7, 11) is 0. The Balaban J connectivity index is 1.70. The maximum absolute atomic E-state index is 12.7. The molecule has 3 rings (SSSR count). The molecule has 0 aromatic carbocycles. The largest absolute Gasteiger partial charge is 0.347 e. The quantitative estimate of drug-likeness (QED) is 0.918. The molecule has 23 heavy (non-hydrogen) atoms. The highest BCUT2D eigenvalue weighted by molar-refractivity contribution is 5.76. The van der Waals surface area contributed by atoms with Crippen LogP contribution in [0.25, 0.3) is 0 Å². The number of amides is 1. The van der Waals surface area contributed by atoms with Crippen LogP contribution in [0, 0.1) is 13.8 Å². The maximum Gasteiger partial charge on any atom is 0.244 e. The van der Waals surface area contributed by atoms with E-state index in [2.05, 4.69) is 26.9 Å². The number of imidazole rings is 1. The van der Waals surface area contributed by atoms with E-state index >= 15 is 0 Å². The number of H-pyrrole nitrogens is 1. The second kappa shape index (κ2) is 6.54. The van der Waals surface area contributed by atoms with Crippen LogP contribution in [0.4, 0.5) is 0 Å². The number of aryl methyl sites for hydroxylation is 2. The topological polar surface area (TPSA) is 70.1 Å². The number of aromatic amines is 1. The molecule has 3 heterocycles. The van der Waals surface area contributed by atoms with Gasteiger partial charge in [-0.1, -0.05) is 6.92 Å². The number of likely N-dealkylation sites (N-methyl/N-ethyl adjacent to an activating group) is 1. The van der Waals surface area contributed by atoms with Crippen molar-refractivity contribution < 1.29 is 4.79 Å². The molecule has 1 aliphatic heterocycles. The Labute approximate surface area is 136 Å². The van der Waals surface area contributed by atoms with Crippen LogP contribution in [-0.2, 0) is 11.3 Å².